The summed E-state index contributed by atoms with van der Waals surface area (Å²) in [5, 5.41) is 11.7. The number of piperidine rings is 1. The van der Waals surface area contributed by atoms with Gasteiger partial charge >= 0.3 is 0 Å². The molecule has 0 unspecified atom stereocenters. The van der Waals surface area contributed by atoms with Crippen molar-refractivity contribution >= 4 is 28.8 Å². The van der Waals surface area contributed by atoms with Crippen molar-refractivity contribution in [1.82, 2.24) is 25.0 Å². The third kappa shape index (κ3) is 4.75. The van der Waals surface area contributed by atoms with E-state index in [4.69, 9.17) is 0 Å². The number of fused-ring (bicyclic) bond motifs is 1. The highest BCUT2D eigenvalue weighted by Gasteiger charge is 2.30. The van der Waals surface area contributed by atoms with Gasteiger partial charge in [-0.1, -0.05) is 6.07 Å². The summed E-state index contributed by atoms with van der Waals surface area (Å²) >= 11 is 1.38. The van der Waals surface area contributed by atoms with Crippen LogP contribution in [0.3, 0.4) is 0 Å². The van der Waals surface area contributed by atoms with Crippen LogP contribution in [0, 0.1) is 5.82 Å². The number of nitrogens with one attached hydrogen (secondary N) is 2. The van der Waals surface area contributed by atoms with Gasteiger partial charge in [0.05, 0.1) is 22.5 Å². The Labute approximate surface area is 211 Å². The second-order valence-electron chi connectivity index (χ2n) is 9.19. The summed E-state index contributed by atoms with van der Waals surface area (Å²) in [5.74, 6) is -1.08. The number of aromatic amines is 1. The van der Waals surface area contributed by atoms with Crippen molar-refractivity contribution in [3.8, 4) is 0 Å². The summed E-state index contributed by atoms with van der Waals surface area (Å²) < 4.78 is 14.8. The molecule has 9 nitrogen and oxygen atoms in total. The highest BCUT2D eigenvalue weighted by Crippen LogP contribution is 2.25. The summed E-state index contributed by atoms with van der Waals surface area (Å²) in [5.41, 5.74) is 4.69. The van der Waals surface area contributed by atoms with E-state index in [9.17, 15) is 18.8 Å². The van der Waals surface area contributed by atoms with Crippen LogP contribution >= 0.6 is 11.3 Å². The van der Waals surface area contributed by atoms with Crippen LogP contribution < -0.4 is 10.9 Å². The number of likely N-dealkylation sites (tertiary alicyclic amines) is 1. The predicted octanol–water partition coefficient (Wildman–Crippen LogP) is 2.69. The van der Waals surface area contributed by atoms with Crippen LogP contribution in [0.25, 0.3) is 0 Å². The lowest BCUT2D eigenvalue weighted by molar-refractivity contribution is 0.0564. The molecule has 4 heterocycles. The number of hydrogen-bond acceptors (Lipinski definition) is 7. The first-order chi connectivity index (χ1) is 17.4. The molecule has 0 saturated carbocycles. The fourth-order valence-corrected chi connectivity index (χ4v) is 5.44. The number of hydrogen-bond donors (Lipinski definition) is 2. The molecule has 3 aromatic rings. The normalized spacial score (nSPS) is 15.8. The first-order valence-electron chi connectivity index (χ1n) is 12.0. The fraction of sp³-hybridized carbons (Fsp3) is 0.400. The molecule has 0 atom stereocenters. The van der Waals surface area contributed by atoms with E-state index in [1.54, 1.807) is 39.9 Å². The number of thiazole rings is 1. The van der Waals surface area contributed by atoms with Crippen molar-refractivity contribution in [1.29, 1.82) is 0 Å². The van der Waals surface area contributed by atoms with Gasteiger partial charge in [0.2, 0.25) is 0 Å². The van der Waals surface area contributed by atoms with Crippen molar-refractivity contribution in [2.75, 3.05) is 32.0 Å². The fourth-order valence-electron chi connectivity index (χ4n) is 4.91. The van der Waals surface area contributed by atoms with Crippen LogP contribution in [0.2, 0.25) is 0 Å². The van der Waals surface area contributed by atoms with Gasteiger partial charge in [-0.2, -0.15) is 5.10 Å². The van der Waals surface area contributed by atoms with E-state index in [2.05, 4.69) is 20.5 Å². The van der Waals surface area contributed by atoms with E-state index in [1.165, 1.54) is 17.4 Å². The zero-order valence-electron chi connectivity index (χ0n) is 19.9. The number of H-pyrrole nitrogens is 1. The highest BCUT2D eigenvalue weighted by atomic mass is 32.1. The maximum absolute atomic E-state index is 14.8. The van der Waals surface area contributed by atoms with E-state index in [1.807, 2.05) is 0 Å². The summed E-state index contributed by atoms with van der Waals surface area (Å²) in [4.78, 5) is 45.3. The molecule has 1 saturated heterocycles. The van der Waals surface area contributed by atoms with Crippen molar-refractivity contribution in [3.05, 3.63) is 73.3 Å². The average Bonchev–Trinajstić information content (AvgIpc) is 3.45. The van der Waals surface area contributed by atoms with Gasteiger partial charge in [-0.3, -0.25) is 14.4 Å². The van der Waals surface area contributed by atoms with E-state index in [0.29, 0.717) is 55.7 Å². The molecular formula is C25H27FN6O3S. The van der Waals surface area contributed by atoms with Gasteiger partial charge in [0.25, 0.3) is 17.4 Å². The maximum atomic E-state index is 14.8. The number of carbonyl (C=O) groups is 2. The Kier molecular flexibility index (Phi) is 6.82. The number of aromatic nitrogens is 3. The Bertz CT molecular complexity index is 1330. The summed E-state index contributed by atoms with van der Waals surface area (Å²) in [7, 11) is 1.68. The molecule has 1 fully saturated rings. The third-order valence-corrected chi connectivity index (χ3v) is 7.55. The third-order valence-electron chi connectivity index (χ3n) is 6.97. The molecule has 1 aromatic carbocycles. The van der Waals surface area contributed by atoms with Crippen LogP contribution in [0.5, 0.6) is 0 Å². The van der Waals surface area contributed by atoms with Crippen LogP contribution in [-0.4, -0.2) is 69.5 Å². The minimum absolute atomic E-state index is 0.00207. The molecule has 11 heteroatoms. The number of halogens is 1. The van der Waals surface area contributed by atoms with Gasteiger partial charge in [-0.15, -0.1) is 11.3 Å². The zero-order valence-corrected chi connectivity index (χ0v) is 20.7. The lowest BCUT2D eigenvalue weighted by atomic mass is 9.99. The van der Waals surface area contributed by atoms with Gasteiger partial charge in [-0.25, -0.2) is 14.5 Å². The monoisotopic (exact) mass is 510 g/mol. The van der Waals surface area contributed by atoms with Crippen molar-refractivity contribution in [2.24, 2.45) is 0 Å². The molecule has 0 radical (unpaired) electrons. The first kappa shape index (κ1) is 24.1. The van der Waals surface area contributed by atoms with Crippen LogP contribution in [0.4, 0.5) is 10.1 Å². The molecule has 0 aliphatic carbocycles. The van der Waals surface area contributed by atoms with Crippen LogP contribution in [-0.2, 0) is 12.8 Å². The number of benzene rings is 1. The largest absolute Gasteiger partial charge is 0.383 e. The smallest absolute Gasteiger partial charge is 0.273 e. The number of anilines is 1. The van der Waals surface area contributed by atoms with Gasteiger partial charge in [0.1, 0.15) is 11.5 Å². The van der Waals surface area contributed by atoms with E-state index < -0.39 is 11.7 Å². The molecule has 2 N–H and O–H groups in total. The van der Waals surface area contributed by atoms with Crippen LogP contribution in [0.1, 0.15) is 56.9 Å². The van der Waals surface area contributed by atoms with Crippen molar-refractivity contribution in [2.45, 2.75) is 38.1 Å². The molecule has 188 valence electrons. The molecule has 5 rings (SSSR count). The molecule has 2 amide bonds. The Morgan fingerprint density at radius 1 is 1.28 bits per heavy atom. The van der Waals surface area contributed by atoms with Gasteiger partial charge < -0.3 is 15.1 Å². The number of nitrogens with zero attached hydrogens (tertiary/aromatic N) is 4. The molecule has 2 aliphatic rings. The molecular weight excluding hydrogens is 483 g/mol. The lowest BCUT2D eigenvalue weighted by Gasteiger charge is -2.36. The van der Waals surface area contributed by atoms with Gasteiger partial charge in [0.15, 0.2) is 0 Å². The quantitative estimate of drug-likeness (QED) is 0.546. The highest BCUT2D eigenvalue weighted by molar-refractivity contribution is 7.07. The van der Waals surface area contributed by atoms with E-state index >= 15 is 0 Å². The molecule has 36 heavy (non-hydrogen) atoms. The first-order valence-corrected chi connectivity index (χ1v) is 12.9. The Hall–Kier alpha value is -3.60. The van der Waals surface area contributed by atoms with E-state index in [-0.39, 0.29) is 23.1 Å². The summed E-state index contributed by atoms with van der Waals surface area (Å²) in [6, 6.07) is 4.40. The minimum Gasteiger partial charge on any atom is -0.383 e. The van der Waals surface area contributed by atoms with Gasteiger partial charge in [0, 0.05) is 50.1 Å². The number of rotatable bonds is 5. The predicted molar refractivity (Wildman–Crippen MR) is 134 cm³/mol. The molecule has 2 aromatic heterocycles. The van der Waals surface area contributed by atoms with Gasteiger partial charge in [-0.05, 0) is 43.4 Å². The molecule has 0 bridgehead atoms. The molecule has 0 spiro atoms. The SMILES string of the molecule is CN(C(=O)c1cc(Cc2n[nH]c(=O)c3c2NCCC3)ccc1F)C1CCN(C(=O)c2cscn2)CC1. The summed E-state index contributed by atoms with van der Waals surface area (Å²) in [6.45, 7) is 1.78. The standard InChI is InChI=1S/C25H27FN6O3S/c1-31(16-6-9-32(10-7-16)25(35)21-13-36-14-28-21)24(34)18-11-15(4-5-19(18)26)12-20-22-17(3-2-8-27-22)23(33)30-29-20/h4-5,11,13-14,16,27H,2-3,6-10,12H2,1H3,(H,30,33). The van der Waals surface area contributed by atoms with Crippen LogP contribution in [0.15, 0.2) is 33.9 Å². The van der Waals surface area contributed by atoms with Crippen molar-refractivity contribution < 1.29 is 14.0 Å². The zero-order chi connectivity index (χ0) is 25.2. The lowest BCUT2D eigenvalue weighted by Crippen LogP contribution is -2.47. The van der Waals surface area contributed by atoms with E-state index in [0.717, 1.165) is 24.2 Å². The Balaban J connectivity index is 1.28. The second kappa shape index (κ2) is 10.2. The maximum Gasteiger partial charge on any atom is 0.273 e. The summed E-state index contributed by atoms with van der Waals surface area (Å²) in [6.07, 6.45) is 3.13. The minimum atomic E-state index is -0.582. The Morgan fingerprint density at radius 2 is 2.08 bits per heavy atom. The van der Waals surface area contributed by atoms with Crippen molar-refractivity contribution in [3.63, 3.8) is 0 Å². The second-order valence-corrected chi connectivity index (χ2v) is 9.91. The topological polar surface area (TPSA) is 111 Å². The average molecular weight is 511 g/mol. The number of amides is 2. The Morgan fingerprint density at radius 3 is 2.83 bits per heavy atom. The molecule has 2 aliphatic heterocycles. The number of carbonyl (C=O) groups excluding carboxylic acids is 2.